The molecule has 1 aliphatic heterocycles. The molecule has 1 aliphatic rings. The SMILES string of the molecule is CNC(C)C(C)N(C)CC1CCN(C)CC1. The molecule has 0 saturated carbocycles. The van der Waals surface area contributed by atoms with E-state index in [9.17, 15) is 0 Å². The molecule has 1 saturated heterocycles. The standard InChI is InChI=1S/C13H29N3/c1-11(14-3)12(2)16(5)10-13-6-8-15(4)9-7-13/h11-14H,6-10H2,1-5H3. The topological polar surface area (TPSA) is 18.5 Å². The minimum Gasteiger partial charge on any atom is -0.316 e. The Kier molecular flexibility index (Phi) is 5.73. The van der Waals surface area contributed by atoms with E-state index in [0.29, 0.717) is 12.1 Å². The van der Waals surface area contributed by atoms with Crippen LogP contribution in [0.5, 0.6) is 0 Å². The van der Waals surface area contributed by atoms with Gasteiger partial charge < -0.3 is 15.1 Å². The van der Waals surface area contributed by atoms with Crippen molar-refractivity contribution in [1.29, 1.82) is 0 Å². The molecule has 1 heterocycles. The minimum atomic E-state index is 0.566. The number of likely N-dealkylation sites (tertiary alicyclic amines) is 1. The Bertz CT molecular complexity index is 188. The van der Waals surface area contributed by atoms with E-state index in [2.05, 4.69) is 43.1 Å². The lowest BCUT2D eigenvalue weighted by molar-refractivity contribution is 0.142. The molecule has 0 radical (unpaired) electrons. The van der Waals surface area contributed by atoms with Crippen molar-refractivity contribution in [3.8, 4) is 0 Å². The molecule has 1 rings (SSSR count). The van der Waals surface area contributed by atoms with E-state index < -0.39 is 0 Å². The van der Waals surface area contributed by atoms with Crippen LogP contribution in [0.25, 0.3) is 0 Å². The van der Waals surface area contributed by atoms with E-state index in [1.54, 1.807) is 0 Å². The predicted octanol–water partition coefficient (Wildman–Crippen LogP) is 1.26. The zero-order chi connectivity index (χ0) is 12.1. The fourth-order valence-electron chi connectivity index (χ4n) is 2.44. The molecule has 0 spiro atoms. The Labute approximate surface area is 101 Å². The molecule has 3 heteroatoms. The van der Waals surface area contributed by atoms with Crippen molar-refractivity contribution in [2.45, 2.75) is 38.8 Å². The van der Waals surface area contributed by atoms with Gasteiger partial charge in [0.2, 0.25) is 0 Å². The highest BCUT2D eigenvalue weighted by atomic mass is 15.2. The molecule has 1 N–H and O–H groups in total. The lowest BCUT2D eigenvalue weighted by Gasteiger charge is -2.35. The first-order valence-corrected chi connectivity index (χ1v) is 6.60. The summed E-state index contributed by atoms with van der Waals surface area (Å²) in [5.74, 6) is 0.896. The first kappa shape index (κ1) is 13.9. The molecule has 16 heavy (non-hydrogen) atoms. The summed E-state index contributed by atoms with van der Waals surface area (Å²) < 4.78 is 0. The molecule has 0 aromatic rings. The molecule has 0 bridgehead atoms. The third-order valence-electron chi connectivity index (χ3n) is 4.26. The summed E-state index contributed by atoms with van der Waals surface area (Å²) in [5.41, 5.74) is 0. The second kappa shape index (κ2) is 6.58. The number of nitrogens with one attached hydrogen (secondary N) is 1. The van der Waals surface area contributed by atoms with Crippen LogP contribution in [0.15, 0.2) is 0 Å². The maximum absolute atomic E-state index is 3.34. The molecule has 0 amide bonds. The maximum atomic E-state index is 3.34. The number of hydrogen-bond acceptors (Lipinski definition) is 3. The van der Waals surface area contributed by atoms with Gasteiger partial charge in [0.15, 0.2) is 0 Å². The van der Waals surface area contributed by atoms with Crippen LogP contribution in [-0.2, 0) is 0 Å². The zero-order valence-corrected chi connectivity index (χ0v) is 11.7. The number of hydrogen-bond donors (Lipinski definition) is 1. The average molecular weight is 227 g/mol. The van der Waals surface area contributed by atoms with E-state index in [1.807, 2.05) is 7.05 Å². The van der Waals surface area contributed by atoms with E-state index in [-0.39, 0.29) is 0 Å². The fraction of sp³-hybridized carbons (Fsp3) is 1.00. The van der Waals surface area contributed by atoms with Crippen LogP contribution in [0.1, 0.15) is 26.7 Å². The molecule has 0 aliphatic carbocycles. The van der Waals surface area contributed by atoms with Gasteiger partial charge in [-0.3, -0.25) is 0 Å². The van der Waals surface area contributed by atoms with E-state index in [1.165, 1.54) is 32.5 Å². The van der Waals surface area contributed by atoms with E-state index in [4.69, 9.17) is 0 Å². The third kappa shape index (κ3) is 4.04. The predicted molar refractivity (Wildman–Crippen MR) is 70.8 cm³/mol. The van der Waals surface area contributed by atoms with Crippen molar-refractivity contribution in [1.82, 2.24) is 15.1 Å². The maximum Gasteiger partial charge on any atom is 0.0215 e. The van der Waals surface area contributed by atoms with Crippen LogP contribution in [0, 0.1) is 5.92 Å². The second-order valence-electron chi connectivity index (χ2n) is 5.50. The monoisotopic (exact) mass is 227 g/mol. The Morgan fingerprint density at radius 1 is 1.31 bits per heavy atom. The summed E-state index contributed by atoms with van der Waals surface area (Å²) in [6.45, 7) is 8.37. The molecular formula is C13H29N3. The van der Waals surface area contributed by atoms with Crippen molar-refractivity contribution < 1.29 is 0 Å². The van der Waals surface area contributed by atoms with Crippen molar-refractivity contribution in [2.75, 3.05) is 40.8 Å². The van der Waals surface area contributed by atoms with Gasteiger partial charge in [-0.2, -0.15) is 0 Å². The highest BCUT2D eigenvalue weighted by Crippen LogP contribution is 2.18. The first-order chi connectivity index (χ1) is 7.54. The molecule has 2 atom stereocenters. The van der Waals surface area contributed by atoms with Crippen molar-refractivity contribution >= 4 is 0 Å². The van der Waals surface area contributed by atoms with Crippen LogP contribution in [0.2, 0.25) is 0 Å². The Balaban J connectivity index is 2.30. The first-order valence-electron chi connectivity index (χ1n) is 6.60. The normalized spacial score (nSPS) is 23.6. The Hall–Kier alpha value is -0.120. The Morgan fingerprint density at radius 3 is 2.38 bits per heavy atom. The number of piperidine rings is 1. The molecular weight excluding hydrogens is 198 g/mol. The molecule has 2 unspecified atom stereocenters. The van der Waals surface area contributed by atoms with Gasteiger partial charge in [-0.15, -0.1) is 0 Å². The molecule has 0 aromatic carbocycles. The largest absolute Gasteiger partial charge is 0.316 e. The van der Waals surface area contributed by atoms with Gasteiger partial charge in [-0.1, -0.05) is 0 Å². The second-order valence-corrected chi connectivity index (χ2v) is 5.50. The zero-order valence-electron chi connectivity index (χ0n) is 11.7. The van der Waals surface area contributed by atoms with Gasteiger partial charge in [0.05, 0.1) is 0 Å². The summed E-state index contributed by atoms with van der Waals surface area (Å²) >= 11 is 0. The van der Waals surface area contributed by atoms with Crippen LogP contribution in [0.3, 0.4) is 0 Å². The summed E-state index contributed by atoms with van der Waals surface area (Å²) in [4.78, 5) is 4.95. The van der Waals surface area contributed by atoms with Gasteiger partial charge in [0.25, 0.3) is 0 Å². The average Bonchev–Trinajstić information content (AvgIpc) is 2.30. The van der Waals surface area contributed by atoms with Crippen LogP contribution >= 0.6 is 0 Å². The van der Waals surface area contributed by atoms with Gasteiger partial charge in [-0.05, 0) is 66.8 Å². The van der Waals surface area contributed by atoms with Gasteiger partial charge in [0, 0.05) is 18.6 Å². The Morgan fingerprint density at radius 2 is 1.88 bits per heavy atom. The smallest absolute Gasteiger partial charge is 0.0215 e. The van der Waals surface area contributed by atoms with Crippen molar-refractivity contribution in [3.05, 3.63) is 0 Å². The fourth-order valence-corrected chi connectivity index (χ4v) is 2.44. The molecule has 1 fully saturated rings. The summed E-state index contributed by atoms with van der Waals surface area (Å²) in [7, 11) is 6.53. The van der Waals surface area contributed by atoms with Crippen molar-refractivity contribution in [2.24, 2.45) is 5.92 Å². The molecule has 3 nitrogen and oxygen atoms in total. The number of rotatable bonds is 5. The highest BCUT2D eigenvalue weighted by Gasteiger charge is 2.21. The minimum absolute atomic E-state index is 0.566. The van der Waals surface area contributed by atoms with E-state index in [0.717, 1.165) is 5.92 Å². The third-order valence-corrected chi connectivity index (χ3v) is 4.26. The van der Waals surface area contributed by atoms with Crippen LogP contribution in [0.4, 0.5) is 0 Å². The van der Waals surface area contributed by atoms with Gasteiger partial charge in [-0.25, -0.2) is 0 Å². The summed E-state index contributed by atoms with van der Waals surface area (Å²) in [6, 6.07) is 1.18. The molecule has 96 valence electrons. The summed E-state index contributed by atoms with van der Waals surface area (Å²) in [5, 5.41) is 3.34. The number of likely N-dealkylation sites (N-methyl/N-ethyl adjacent to an activating group) is 2. The summed E-state index contributed by atoms with van der Waals surface area (Å²) in [6.07, 6.45) is 2.73. The number of nitrogens with zero attached hydrogens (tertiary/aromatic N) is 2. The van der Waals surface area contributed by atoms with Crippen LogP contribution in [-0.4, -0.2) is 62.7 Å². The van der Waals surface area contributed by atoms with E-state index >= 15 is 0 Å². The van der Waals surface area contributed by atoms with Crippen LogP contribution < -0.4 is 5.32 Å². The van der Waals surface area contributed by atoms with Gasteiger partial charge in [0.1, 0.15) is 0 Å². The van der Waals surface area contributed by atoms with Crippen molar-refractivity contribution in [3.63, 3.8) is 0 Å². The lowest BCUT2D eigenvalue weighted by Crippen LogP contribution is -2.46. The lowest BCUT2D eigenvalue weighted by atomic mass is 9.96. The molecule has 0 aromatic heterocycles. The quantitative estimate of drug-likeness (QED) is 0.763. The van der Waals surface area contributed by atoms with Gasteiger partial charge >= 0.3 is 0 Å². The highest BCUT2D eigenvalue weighted by molar-refractivity contribution is 4.78.